The average Bonchev–Trinajstić information content (AvgIpc) is 2.45. The maximum atomic E-state index is 5.92. The second kappa shape index (κ2) is 3.01. The van der Waals surface area contributed by atoms with Crippen LogP contribution < -0.4 is 5.32 Å². The lowest BCUT2D eigenvalue weighted by Gasteiger charge is -2.26. The summed E-state index contributed by atoms with van der Waals surface area (Å²) in [6.07, 6.45) is 2.10. The average molecular weight is 207 g/mol. The molecule has 0 radical (unpaired) electrons. The van der Waals surface area contributed by atoms with Crippen LogP contribution in [0.1, 0.15) is 11.5 Å². The molecule has 0 saturated carbocycles. The van der Waals surface area contributed by atoms with Gasteiger partial charge in [0.25, 0.3) is 0 Å². The second-order valence-electron chi connectivity index (χ2n) is 3.79. The van der Waals surface area contributed by atoms with E-state index in [4.69, 9.17) is 11.6 Å². The molecule has 2 heterocycles. The van der Waals surface area contributed by atoms with E-state index in [0.717, 1.165) is 23.6 Å². The number of rotatable bonds is 1. The van der Waals surface area contributed by atoms with Gasteiger partial charge in [-0.3, -0.25) is 0 Å². The summed E-state index contributed by atoms with van der Waals surface area (Å²) in [4.78, 5) is 3.27. The van der Waals surface area contributed by atoms with Crippen molar-refractivity contribution in [2.75, 3.05) is 13.1 Å². The highest BCUT2D eigenvalue weighted by atomic mass is 35.5. The lowest BCUT2D eigenvalue weighted by Crippen LogP contribution is -2.39. The first-order chi connectivity index (χ1) is 6.84. The van der Waals surface area contributed by atoms with E-state index in [1.54, 1.807) is 0 Å². The highest BCUT2D eigenvalue weighted by molar-refractivity contribution is 6.31. The molecular weight excluding hydrogens is 196 g/mol. The van der Waals surface area contributed by atoms with Crippen LogP contribution >= 0.6 is 11.6 Å². The smallest absolute Gasteiger partial charge is 0.0471 e. The Morgan fingerprint density at radius 3 is 2.86 bits per heavy atom. The van der Waals surface area contributed by atoms with Crippen LogP contribution in [-0.2, 0) is 0 Å². The summed E-state index contributed by atoms with van der Waals surface area (Å²) in [5.74, 6) is 0.671. The van der Waals surface area contributed by atoms with Gasteiger partial charge in [-0.2, -0.15) is 0 Å². The van der Waals surface area contributed by atoms with Crippen molar-refractivity contribution in [1.29, 1.82) is 0 Å². The fraction of sp³-hybridized carbons (Fsp3) is 0.273. The van der Waals surface area contributed by atoms with Crippen LogP contribution in [0.5, 0.6) is 0 Å². The normalized spacial score (nSPS) is 17.2. The fourth-order valence-corrected chi connectivity index (χ4v) is 2.14. The van der Waals surface area contributed by atoms with Gasteiger partial charge in [0.2, 0.25) is 0 Å². The predicted molar refractivity (Wildman–Crippen MR) is 58.9 cm³/mol. The van der Waals surface area contributed by atoms with Gasteiger partial charge in [0.15, 0.2) is 0 Å². The number of aromatic nitrogens is 1. The number of nitrogens with one attached hydrogen (secondary N) is 2. The van der Waals surface area contributed by atoms with Crippen LogP contribution in [0.3, 0.4) is 0 Å². The van der Waals surface area contributed by atoms with Gasteiger partial charge in [-0.05, 0) is 17.7 Å². The van der Waals surface area contributed by atoms with Crippen molar-refractivity contribution >= 4 is 22.5 Å². The minimum atomic E-state index is 0.671. The number of fused-ring (bicyclic) bond motifs is 1. The van der Waals surface area contributed by atoms with Gasteiger partial charge in [0.05, 0.1) is 0 Å². The van der Waals surface area contributed by atoms with Crippen LogP contribution in [0.2, 0.25) is 5.02 Å². The SMILES string of the molecule is Clc1ccc2c(C3CNC3)c[nH]c2c1. The van der Waals surface area contributed by atoms with Gasteiger partial charge in [0, 0.05) is 41.1 Å². The molecular formula is C11H11ClN2. The molecule has 0 aliphatic carbocycles. The maximum Gasteiger partial charge on any atom is 0.0471 e. The Morgan fingerprint density at radius 1 is 1.29 bits per heavy atom. The molecule has 1 aliphatic heterocycles. The van der Waals surface area contributed by atoms with E-state index >= 15 is 0 Å². The monoisotopic (exact) mass is 206 g/mol. The predicted octanol–water partition coefficient (Wildman–Crippen LogP) is 2.51. The quantitative estimate of drug-likeness (QED) is 0.738. The largest absolute Gasteiger partial charge is 0.361 e. The first-order valence-corrected chi connectivity index (χ1v) is 5.19. The number of hydrogen-bond acceptors (Lipinski definition) is 1. The highest BCUT2D eigenvalue weighted by Gasteiger charge is 2.21. The zero-order valence-corrected chi connectivity index (χ0v) is 8.43. The van der Waals surface area contributed by atoms with Gasteiger partial charge < -0.3 is 10.3 Å². The van der Waals surface area contributed by atoms with Crippen LogP contribution in [0.4, 0.5) is 0 Å². The molecule has 1 aromatic carbocycles. The van der Waals surface area contributed by atoms with Gasteiger partial charge in [0.1, 0.15) is 0 Å². The molecule has 2 aromatic rings. The van der Waals surface area contributed by atoms with Crippen molar-refractivity contribution < 1.29 is 0 Å². The fourth-order valence-electron chi connectivity index (χ4n) is 1.97. The van der Waals surface area contributed by atoms with Gasteiger partial charge >= 0.3 is 0 Å². The Labute approximate surface area is 87.3 Å². The van der Waals surface area contributed by atoms with E-state index in [0.29, 0.717) is 5.92 Å². The lowest BCUT2D eigenvalue weighted by atomic mass is 9.93. The Hall–Kier alpha value is -0.990. The standard InChI is InChI=1S/C11H11ClN2/c12-8-1-2-9-10(7-4-13-5-7)6-14-11(9)3-8/h1-3,6-7,13-14H,4-5H2. The maximum absolute atomic E-state index is 5.92. The highest BCUT2D eigenvalue weighted by Crippen LogP contribution is 2.29. The molecule has 0 bridgehead atoms. The molecule has 1 saturated heterocycles. The number of hydrogen-bond donors (Lipinski definition) is 2. The Kier molecular flexibility index (Phi) is 1.79. The van der Waals surface area contributed by atoms with Crippen LogP contribution in [0.15, 0.2) is 24.4 Å². The topological polar surface area (TPSA) is 27.8 Å². The number of benzene rings is 1. The van der Waals surface area contributed by atoms with Crippen molar-refractivity contribution in [2.45, 2.75) is 5.92 Å². The first kappa shape index (κ1) is 8.33. The summed E-state index contributed by atoms with van der Waals surface area (Å²) in [5, 5.41) is 5.38. The molecule has 0 atom stereocenters. The third kappa shape index (κ3) is 1.15. The van der Waals surface area contributed by atoms with Gasteiger partial charge in [-0.1, -0.05) is 17.7 Å². The van der Waals surface area contributed by atoms with Gasteiger partial charge in [-0.15, -0.1) is 0 Å². The van der Waals surface area contributed by atoms with E-state index in [1.807, 2.05) is 12.1 Å². The van der Waals surface area contributed by atoms with Crippen molar-refractivity contribution in [3.05, 3.63) is 35.0 Å². The first-order valence-electron chi connectivity index (χ1n) is 4.82. The molecule has 2 N–H and O–H groups in total. The molecule has 72 valence electrons. The number of H-pyrrole nitrogens is 1. The Bertz CT molecular complexity index is 471. The molecule has 1 fully saturated rings. The van der Waals surface area contributed by atoms with Crippen molar-refractivity contribution in [3.63, 3.8) is 0 Å². The molecule has 2 nitrogen and oxygen atoms in total. The third-order valence-electron chi connectivity index (χ3n) is 2.90. The second-order valence-corrected chi connectivity index (χ2v) is 4.23. The molecule has 0 unspecified atom stereocenters. The molecule has 3 heteroatoms. The minimum absolute atomic E-state index is 0.671. The van der Waals surface area contributed by atoms with Crippen molar-refractivity contribution in [2.24, 2.45) is 0 Å². The van der Waals surface area contributed by atoms with Crippen molar-refractivity contribution in [1.82, 2.24) is 10.3 Å². The third-order valence-corrected chi connectivity index (χ3v) is 3.13. The van der Waals surface area contributed by atoms with Crippen LogP contribution in [-0.4, -0.2) is 18.1 Å². The van der Waals surface area contributed by atoms with E-state index in [-0.39, 0.29) is 0 Å². The Balaban J connectivity index is 2.16. The molecule has 0 spiro atoms. The molecule has 0 amide bonds. The summed E-state index contributed by atoms with van der Waals surface area (Å²) < 4.78 is 0. The zero-order chi connectivity index (χ0) is 9.54. The molecule has 3 rings (SSSR count). The number of aromatic amines is 1. The summed E-state index contributed by atoms with van der Waals surface area (Å²) in [7, 11) is 0. The van der Waals surface area contributed by atoms with E-state index in [9.17, 15) is 0 Å². The zero-order valence-electron chi connectivity index (χ0n) is 7.68. The van der Waals surface area contributed by atoms with E-state index < -0.39 is 0 Å². The van der Waals surface area contributed by atoms with Crippen LogP contribution in [0.25, 0.3) is 10.9 Å². The summed E-state index contributed by atoms with van der Waals surface area (Å²) in [6.45, 7) is 2.19. The Morgan fingerprint density at radius 2 is 2.14 bits per heavy atom. The molecule has 1 aliphatic rings. The molecule has 14 heavy (non-hydrogen) atoms. The lowest BCUT2D eigenvalue weighted by molar-refractivity contribution is 0.451. The summed E-state index contributed by atoms with van der Waals surface area (Å²) in [6, 6.07) is 6.03. The van der Waals surface area contributed by atoms with Crippen molar-refractivity contribution in [3.8, 4) is 0 Å². The van der Waals surface area contributed by atoms with E-state index in [1.165, 1.54) is 10.9 Å². The number of halogens is 1. The van der Waals surface area contributed by atoms with Gasteiger partial charge in [-0.25, -0.2) is 0 Å². The van der Waals surface area contributed by atoms with E-state index in [2.05, 4.69) is 22.6 Å². The summed E-state index contributed by atoms with van der Waals surface area (Å²) in [5.41, 5.74) is 2.55. The molecule has 1 aromatic heterocycles. The minimum Gasteiger partial charge on any atom is -0.361 e. The summed E-state index contributed by atoms with van der Waals surface area (Å²) >= 11 is 5.92. The van der Waals surface area contributed by atoms with Crippen LogP contribution in [0, 0.1) is 0 Å².